The second-order valence-electron chi connectivity index (χ2n) is 9.32. The van der Waals surface area contributed by atoms with E-state index >= 15 is 0 Å². The van der Waals surface area contributed by atoms with Crippen molar-refractivity contribution in [3.63, 3.8) is 0 Å². The number of carbonyl (C=O) groups is 1. The van der Waals surface area contributed by atoms with Gasteiger partial charge in [0.05, 0.1) is 12.1 Å². The highest BCUT2D eigenvalue weighted by atomic mass is 16.3. The number of Topliss-reactive ketones (excluding diaryl/α,β-unsaturated/α-hetero) is 1. The number of benzene rings is 2. The zero-order chi connectivity index (χ0) is 22.7. The van der Waals surface area contributed by atoms with Gasteiger partial charge in [0.25, 0.3) is 0 Å². The molecule has 5 nitrogen and oxygen atoms in total. The minimum atomic E-state index is -0.438. The number of rotatable bonds is 8. The molecular formula is C27H35N3O2. The van der Waals surface area contributed by atoms with Gasteiger partial charge in [-0.3, -0.25) is 9.69 Å². The lowest BCUT2D eigenvalue weighted by Crippen LogP contribution is -2.43. The van der Waals surface area contributed by atoms with Gasteiger partial charge in [0, 0.05) is 35.2 Å². The lowest BCUT2D eigenvalue weighted by Gasteiger charge is -2.36. The molecule has 0 aliphatic carbocycles. The van der Waals surface area contributed by atoms with Crippen LogP contribution in [0.3, 0.4) is 0 Å². The Kier molecular flexibility index (Phi) is 7.09. The van der Waals surface area contributed by atoms with Crippen LogP contribution in [0, 0.1) is 12.8 Å². The lowest BCUT2D eigenvalue weighted by molar-refractivity contribution is 0.0725. The summed E-state index contributed by atoms with van der Waals surface area (Å²) in [5.74, 6) is 0.760. The van der Waals surface area contributed by atoms with Crippen LogP contribution in [0.25, 0.3) is 10.9 Å². The van der Waals surface area contributed by atoms with Crippen LogP contribution >= 0.6 is 0 Å². The van der Waals surface area contributed by atoms with Gasteiger partial charge < -0.3 is 15.0 Å². The third kappa shape index (κ3) is 4.96. The molecule has 2 aromatic carbocycles. The van der Waals surface area contributed by atoms with Crippen molar-refractivity contribution in [2.24, 2.45) is 5.92 Å². The van der Waals surface area contributed by atoms with Gasteiger partial charge in [0.2, 0.25) is 0 Å². The van der Waals surface area contributed by atoms with E-state index in [4.69, 9.17) is 0 Å². The number of aromatic nitrogens is 1. The van der Waals surface area contributed by atoms with Crippen molar-refractivity contribution < 1.29 is 9.90 Å². The fraction of sp³-hybridized carbons (Fsp3) is 0.444. The molecule has 32 heavy (non-hydrogen) atoms. The number of hydrogen-bond donors (Lipinski definition) is 2. The molecule has 5 heteroatoms. The fourth-order valence-corrected chi connectivity index (χ4v) is 4.95. The summed E-state index contributed by atoms with van der Waals surface area (Å²) < 4.78 is 0. The number of piperidine rings is 1. The summed E-state index contributed by atoms with van der Waals surface area (Å²) in [5, 5.41) is 11.5. The average molecular weight is 434 g/mol. The van der Waals surface area contributed by atoms with E-state index in [1.54, 1.807) is 0 Å². The number of fused-ring (bicyclic) bond motifs is 1. The number of nitrogens with one attached hydrogen (secondary N) is 1. The SMILES string of the molecule is Cc1[nH]c2ccccc2c1C(=O)C(C)N(C)CC1CCN(CC(O)c2ccccc2)CC1. The molecule has 0 radical (unpaired) electrons. The molecule has 170 valence electrons. The number of aliphatic hydroxyl groups is 1. The Labute approximate surface area is 191 Å². The molecule has 1 saturated heterocycles. The lowest BCUT2D eigenvalue weighted by atomic mass is 9.94. The van der Waals surface area contributed by atoms with Crippen LogP contribution in [0.4, 0.5) is 0 Å². The Balaban J connectivity index is 1.30. The van der Waals surface area contributed by atoms with Crippen molar-refractivity contribution >= 4 is 16.7 Å². The van der Waals surface area contributed by atoms with E-state index in [0.717, 1.165) is 60.2 Å². The van der Waals surface area contributed by atoms with Crippen LogP contribution in [-0.2, 0) is 0 Å². The quantitative estimate of drug-likeness (QED) is 0.516. The van der Waals surface area contributed by atoms with Crippen molar-refractivity contribution in [1.29, 1.82) is 0 Å². The number of H-pyrrole nitrogens is 1. The summed E-state index contributed by atoms with van der Waals surface area (Å²) in [6.45, 7) is 7.59. The standard InChI is InChI=1S/C27H35N3O2/c1-19-26(23-11-7-8-12-24(23)28-19)27(32)20(2)29(3)17-21-13-15-30(16-14-21)18-25(31)22-9-5-4-6-10-22/h4-12,20-21,25,28,31H,13-18H2,1-3H3. The Morgan fingerprint density at radius 3 is 2.50 bits per heavy atom. The number of ketones is 1. The summed E-state index contributed by atoms with van der Waals surface area (Å²) in [5.41, 5.74) is 3.77. The number of carbonyl (C=O) groups excluding carboxylic acids is 1. The molecular weight excluding hydrogens is 398 g/mol. The molecule has 4 rings (SSSR count). The molecule has 2 atom stereocenters. The Bertz CT molecular complexity index is 1040. The van der Waals surface area contributed by atoms with Crippen LogP contribution in [0.5, 0.6) is 0 Å². The number of likely N-dealkylation sites (tertiary alicyclic amines) is 1. The molecule has 2 N–H and O–H groups in total. The normalized spacial score (nSPS) is 17.7. The van der Waals surface area contributed by atoms with Crippen LogP contribution < -0.4 is 0 Å². The largest absolute Gasteiger partial charge is 0.387 e. The van der Waals surface area contributed by atoms with Gasteiger partial charge in [-0.2, -0.15) is 0 Å². The predicted octanol–water partition coefficient (Wildman–Crippen LogP) is 4.42. The zero-order valence-electron chi connectivity index (χ0n) is 19.4. The Hall–Kier alpha value is -2.47. The van der Waals surface area contributed by atoms with Gasteiger partial charge in [0.15, 0.2) is 5.78 Å². The van der Waals surface area contributed by atoms with Gasteiger partial charge in [-0.15, -0.1) is 0 Å². The van der Waals surface area contributed by atoms with E-state index in [-0.39, 0.29) is 11.8 Å². The van der Waals surface area contributed by atoms with Crippen molar-refractivity contribution in [1.82, 2.24) is 14.8 Å². The predicted molar refractivity (Wildman–Crippen MR) is 130 cm³/mol. The van der Waals surface area contributed by atoms with E-state index < -0.39 is 6.10 Å². The average Bonchev–Trinajstić information content (AvgIpc) is 3.15. The number of likely N-dealkylation sites (N-methyl/N-ethyl adjacent to an activating group) is 1. The minimum absolute atomic E-state index is 0.161. The van der Waals surface area contributed by atoms with Crippen LogP contribution in [-0.4, -0.2) is 64.9 Å². The molecule has 0 spiro atoms. The van der Waals surface area contributed by atoms with E-state index in [0.29, 0.717) is 12.5 Å². The second kappa shape index (κ2) is 9.99. The smallest absolute Gasteiger partial charge is 0.182 e. The van der Waals surface area contributed by atoms with E-state index in [2.05, 4.69) is 21.8 Å². The van der Waals surface area contributed by atoms with Crippen molar-refractivity contribution in [2.75, 3.05) is 33.2 Å². The number of aliphatic hydroxyl groups excluding tert-OH is 1. The summed E-state index contributed by atoms with van der Waals surface area (Å²) in [6.07, 6.45) is 1.75. The first-order valence-corrected chi connectivity index (χ1v) is 11.7. The zero-order valence-corrected chi connectivity index (χ0v) is 19.4. The third-order valence-electron chi connectivity index (χ3n) is 7.05. The van der Waals surface area contributed by atoms with Crippen LogP contribution in [0.2, 0.25) is 0 Å². The highest BCUT2D eigenvalue weighted by molar-refractivity contribution is 6.11. The molecule has 1 fully saturated rings. The van der Waals surface area contributed by atoms with Gasteiger partial charge >= 0.3 is 0 Å². The molecule has 0 saturated carbocycles. The van der Waals surface area contributed by atoms with E-state index in [1.165, 1.54) is 0 Å². The molecule has 1 aliphatic heterocycles. The van der Waals surface area contributed by atoms with Gasteiger partial charge in [-0.1, -0.05) is 48.5 Å². The number of para-hydroxylation sites is 1. The minimum Gasteiger partial charge on any atom is -0.387 e. The molecule has 2 heterocycles. The molecule has 1 aromatic heterocycles. The van der Waals surface area contributed by atoms with Gasteiger partial charge in [-0.05, 0) is 64.4 Å². The number of aromatic amines is 1. The second-order valence-corrected chi connectivity index (χ2v) is 9.32. The van der Waals surface area contributed by atoms with Crippen LogP contribution in [0.15, 0.2) is 54.6 Å². The Morgan fingerprint density at radius 2 is 1.78 bits per heavy atom. The highest BCUT2D eigenvalue weighted by Gasteiger charge is 2.28. The molecule has 3 aromatic rings. The monoisotopic (exact) mass is 433 g/mol. The number of β-amino-alcohol motifs (C(OH)–C–C–N with tert-alkyl or cyclic N) is 1. The topological polar surface area (TPSA) is 59.6 Å². The maximum Gasteiger partial charge on any atom is 0.182 e. The summed E-state index contributed by atoms with van der Waals surface area (Å²) in [7, 11) is 2.07. The van der Waals surface area contributed by atoms with Crippen molar-refractivity contribution in [3.8, 4) is 0 Å². The summed E-state index contributed by atoms with van der Waals surface area (Å²) in [6, 6.07) is 17.8. The maximum absolute atomic E-state index is 13.3. The van der Waals surface area contributed by atoms with Crippen molar-refractivity contribution in [2.45, 2.75) is 38.8 Å². The molecule has 0 bridgehead atoms. The summed E-state index contributed by atoms with van der Waals surface area (Å²) >= 11 is 0. The van der Waals surface area contributed by atoms with Gasteiger partial charge in [-0.25, -0.2) is 0 Å². The number of hydrogen-bond acceptors (Lipinski definition) is 4. The number of nitrogens with zero attached hydrogens (tertiary/aromatic N) is 2. The maximum atomic E-state index is 13.3. The van der Waals surface area contributed by atoms with E-state index in [1.807, 2.05) is 68.4 Å². The van der Waals surface area contributed by atoms with E-state index in [9.17, 15) is 9.90 Å². The summed E-state index contributed by atoms with van der Waals surface area (Å²) in [4.78, 5) is 21.3. The molecule has 1 aliphatic rings. The first-order valence-electron chi connectivity index (χ1n) is 11.7. The van der Waals surface area contributed by atoms with Crippen LogP contribution in [0.1, 0.15) is 47.5 Å². The Morgan fingerprint density at radius 1 is 1.12 bits per heavy atom. The first kappa shape index (κ1) is 22.7. The molecule has 0 amide bonds. The first-order chi connectivity index (χ1) is 15.4. The van der Waals surface area contributed by atoms with Crippen molar-refractivity contribution in [3.05, 3.63) is 71.4 Å². The third-order valence-corrected chi connectivity index (χ3v) is 7.05. The highest BCUT2D eigenvalue weighted by Crippen LogP contribution is 2.26. The number of aryl methyl sites for hydroxylation is 1. The van der Waals surface area contributed by atoms with Gasteiger partial charge in [0.1, 0.15) is 0 Å². The molecule has 2 unspecified atom stereocenters. The fourth-order valence-electron chi connectivity index (χ4n) is 4.95.